The molecule has 0 atom stereocenters. The van der Waals surface area contributed by atoms with Gasteiger partial charge in [0.05, 0.1) is 42.8 Å². The number of methoxy groups -OCH3 is 1. The maximum absolute atomic E-state index is 6.28. The van der Waals surface area contributed by atoms with Gasteiger partial charge in [0.15, 0.2) is 0 Å². The lowest BCUT2D eigenvalue weighted by atomic mass is 9.96. The highest BCUT2D eigenvalue weighted by molar-refractivity contribution is 6.01. The van der Waals surface area contributed by atoms with Gasteiger partial charge < -0.3 is 14.2 Å². The van der Waals surface area contributed by atoms with E-state index >= 15 is 0 Å². The molecular formula is C47H42N2O3. The minimum atomic E-state index is -0.253. The normalized spacial score (nSPS) is 10.7. The number of rotatable bonds is 13. The molecule has 0 heterocycles. The maximum Gasteiger partial charge on any atom is 0.127 e. The van der Waals surface area contributed by atoms with Crippen molar-refractivity contribution in [2.45, 2.75) is 20.8 Å². The second kappa shape index (κ2) is 17.0. The number of aliphatic imine (C=N–C) groups is 2. The van der Waals surface area contributed by atoms with Crippen LogP contribution in [0.25, 0.3) is 11.1 Å². The topological polar surface area (TPSA) is 52.4 Å². The van der Waals surface area contributed by atoms with Crippen LogP contribution in [-0.2, 0) is 0 Å². The first-order valence-corrected chi connectivity index (χ1v) is 17.3. The SMILES string of the molecule is COc1ccc(C)cc1C(=C=Nc1ccccc1)c1ccc(OCC(C)(C)COc2ccc(C(=C=Nc3ccccc3)c3ccccc3)cc2)cc1. The number of hydrogen-bond donors (Lipinski definition) is 0. The Kier molecular flexibility index (Phi) is 11.6. The van der Waals surface area contributed by atoms with Gasteiger partial charge in [-0.25, -0.2) is 9.98 Å². The van der Waals surface area contributed by atoms with Gasteiger partial charge in [0.2, 0.25) is 0 Å². The molecule has 0 aliphatic rings. The molecule has 6 aromatic rings. The molecule has 0 aliphatic heterocycles. The molecule has 0 aliphatic carbocycles. The van der Waals surface area contributed by atoms with Gasteiger partial charge >= 0.3 is 0 Å². The van der Waals surface area contributed by atoms with Crippen molar-refractivity contribution in [1.82, 2.24) is 0 Å². The van der Waals surface area contributed by atoms with E-state index in [1.54, 1.807) is 7.11 Å². The fourth-order valence-electron chi connectivity index (χ4n) is 5.48. The highest BCUT2D eigenvalue weighted by Gasteiger charge is 2.21. The Balaban J connectivity index is 1.12. The number of hydrogen-bond acceptors (Lipinski definition) is 5. The van der Waals surface area contributed by atoms with Crippen LogP contribution in [-0.4, -0.2) is 32.1 Å². The molecule has 0 N–H and O–H groups in total. The molecule has 5 heteroatoms. The number of aryl methyl sites for hydroxylation is 1. The Morgan fingerprint density at radius 2 is 0.981 bits per heavy atom. The lowest BCUT2D eigenvalue weighted by molar-refractivity contribution is 0.110. The third-order valence-corrected chi connectivity index (χ3v) is 8.34. The standard InChI is InChI=1S/C47H42N2O3/c1-35-20-29-46(50-4)43(30-35)45(32-49-40-18-12-7-13-19-40)38-23-27-42(28-24-38)52-34-47(2,3)33-51-41-25-21-37(22-26-41)44(36-14-8-5-9-15-36)31-48-39-16-10-6-11-17-39/h5-30H,33-34H2,1-4H3. The summed E-state index contributed by atoms with van der Waals surface area (Å²) in [5.41, 5.74) is 8.25. The third-order valence-electron chi connectivity index (χ3n) is 8.34. The maximum atomic E-state index is 6.28. The largest absolute Gasteiger partial charge is 0.496 e. The summed E-state index contributed by atoms with van der Waals surface area (Å²) in [4.78, 5) is 9.26. The second-order valence-corrected chi connectivity index (χ2v) is 13.2. The average Bonchev–Trinajstić information content (AvgIpc) is 3.19. The van der Waals surface area contributed by atoms with Gasteiger partial charge in [-0.15, -0.1) is 0 Å². The Morgan fingerprint density at radius 3 is 1.48 bits per heavy atom. The summed E-state index contributed by atoms with van der Waals surface area (Å²) < 4.78 is 18.3. The average molecular weight is 683 g/mol. The van der Waals surface area contributed by atoms with Gasteiger partial charge in [0, 0.05) is 11.0 Å². The van der Waals surface area contributed by atoms with Crippen LogP contribution in [0.4, 0.5) is 11.4 Å². The van der Waals surface area contributed by atoms with Crippen LogP contribution in [0.5, 0.6) is 17.2 Å². The van der Waals surface area contributed by atoms with Crippen molar-refractivity contribution in [2.75, 3.05) is 20.3 Å². The van der Waals surface area contributed by atoms with Crippen LogP contribution in [0, 0.1) is 12.3 Å². The van der Waals surface area contributed by atoms with Crippen molar-refractivity contribution in [3.63, 3.8) is 0 Å². The van der Waals surface area contributed by atoms with Crippen molar-refractivity contribution in [1.29, 1.82) is 0 Å². The smallest absolute Gasteiger partial charge is 0.127 e. The molecule has 0 fully saturated rings. The zero-order valence-corrected chi connectivity index (χ0v) is 30.0. The highest BCUT2D eigenvalue weighted by atomic mass is 16.5. The Bertz CT molecular complexity index is 2200. The number of para-hydroxylation sites is 2. The minimum Gasteiger partial charge on any atom is -0.496 e. The number of ether oxygens (including phenoxy) is 3. The molecule has 5 nitrogen and oxygen atoms in total. The van der Waals surface area contributed by atoms with Crippen LogP contribution in [0.1, 0.15) is 41.7 Å². The van der Waals surface area contributed by atoms with E-state index in [4.69, 9.17) is 14.2 Å². The first kappa shape index (κ1) is 35.4. The van der Waals surface area contributed by atoms with Crippen molar-refractivity contribution >= 4 is 34.3 Å². The number of benzene rings is 6. The molecule has 52 heavy (non-hydrogen) atoms. The van der Waals surface area contributed by atoms with Gasteiger partial charge in [-0.1, -0.05) is 92.2 Å². The predicted octanol–water partition coefficient (Wildman–Crippen LogP) is 11.4. The summed E-state index contributed by atoms with van der Waals surface area (Å²) in [5.74, 6) is 8.91. The highest BCUT2D eigenvalue weighted by Crippen LogP contribution is 2.32. The van der Waals surface area contributed by atoms with Crippen molar-refractivity contribution in [3.8, 4) is 17.2 Å². The van der Waals surface area contributed by atoms with Crippen molar-refractivity contribution in [2.24, 2.45) is 15.4 Å². The summed E-state index contributed by atoms with van der Waals surface area (Å²) in [5, 5.41) is 0. The molecule has 0 unspecified atom stereocenters. The van der Waals surface area contributed by atoms with Gasteiger partial charge in [0.1, 0.15) is 17.2 Å². The molecule has 0 radical (unpaired) electrons. The predicted molar refractivity (Wildman–Crippen MR) is 214 cm³/mol. The van der Waals surface area contributed by atoms with E-state index < -0.39 is 0 Å². The van der Waals surface area contributed by atoms with Crippen molar-refractivity contribution < 1.29 is 14.2 Å². The van der Waals surface area contributed by atoms with Crippen LogP contribution in [0.15, 0.2) is 168 Å². The third kappa shape index (κ3) is 9.65. The Hall–Kier alpha value is -6.38. The van der Waals surface area contributed by atoms with E-state index in [0.717, 1.165) is 67.6 Å². The molecule has 6 rings (SSSR count). The zero-order valence-electron chi connectivity index (χ0n) is 30.0. The van der Waals surface area contributed by atoms with E-state index in [9.17, 15) is 0 Å². The van der Waals surface area contributed by atoms with E-state index in [1.807, 2.05) is 127 Å². The minimum absolute atomic E-state index is 0.253. The van der Waals surface area contributed by atoms with Gasteiger partial charge in [0.25, 0.3) is 0 Å². The van der Waals surface area contributed by atoms with Gasteiger partial charge in [-0.3, -0.25) is 0 Å². The lowest BCUT2D eigenvalue weighted by Crippen LogP contribution is -2.28. The molecule has 0 bridgehead atoms. The first-order valence-electron chi connectivity index (χ1n) is 17.3. The monoisotopic (exact) mass is 682 g/mol. The summed E-state index contributed by atoms with van der Waals surface area (Å²) in [7, 11) is 1.68. The Morgan fingerprint density at radius 1 is 0.538 bits per heavy atom. The molecule has 0 saturated carbocycles. The summed E-state index contributed by atoms with van der Waals surface area (Å²) in [6.45, 7) is 7.30. The molecule has 0 amide bonds. The summed E-state index contributed by atoms with van der Waals surface area (Å²) in [6.07, 6.45) is 0. The lowest BCUT2D eigenvalue weighted by Gasteiger charge is -2.25. The first-order chi connectivity index (χ1) is 25.4. The quantitative estimate of drug-likeness (QED) is 0.114. The molecule has 0 spiro atoms. The van der Waals surface area contributed by atoms with E-state index in [0.29, 0.717) is 13.2 Å². The summed E-state index contributed by atoms with van der Waals surface area (Å²) >= 11 is 0. The van der Waals surface area contributed by atoms with E-state index in [-0.39, 0.29) is 5.41 Å². The van der Waals surface area contributed by atoms with Crippen LogP contribution < -0.4 is 14.2 Å². The van der Waals surface area contributed by atoms with Gasteiger partial charge in [-0.2, -0.15) is 0 Å². The van der Waals surface area contributed by atoms with Crippen LogP contribution in [0.2, 0.25) is 0 Å². The molecular weight excluding hydrogens is 641 g/mol. The Labute approximate surface area is 306 Å². The van der Waals surface area contributed by atoms with E-state index in [1.165, 1.54) is 0 Å². The zero-order chi connectivity index (χ0) is 36.2. The van der Waals surface area contributed by atoms with Crippen LogP contribution in [0.3, 0.4) is 0 Å². The molecule has 258 valence electrons. The number of nitrogens with zero attached hydrogens (tertiary/aromatic N) is 2. The van der Waals surface area contributed by atoms with E-state index in [2.05, 4.69) is 72.8 Å². The molecule has 6 aromatic carbocycles. The fourth-order valence-corrected chi connectivity index (χ4v) is 5.48. The van der Waals surface area contributed by atoms with Crippen LogP contribution >= 0.6 is 0 Å². The fraction of sp³-hybridized carbons (Fsp3) is 0.149. The molecule has 0 saturated heterocycles. The second-order valence-electron chi connectivity index (χ2n) is 13.2. The summed E-state index contributed by atoms with van der Waals surface area (Å²) in [6, 6.07) is 52.1. The molecule has 0 aromatic heterocycles. The van der Waals surface area contributed by atoms with Crippen molar-refractivity contribution in [3.05, 3.63) is 186 Å². The van der Waals surface area contributed by atoms with Gasteiger partial charge in [-0.05, 0) is 120 Å².